The van der Waals surface area contributed by atoms with Gasteiger partial charge in [0.25, 0.3) is 0 Å². The van der Waals surface area contributed by atoms with Gasteiger partial charge >= 0.3 is 0 Å². The summed E-state index contributed by atoms with van der Waals surface area (Å²) in [7, 11) is 0. The molecule has 0 unspecified atom stereocenters. The van der Waals surface area contributed by atoms with Crippen LogP contribution in [0.5, 0.6) is 11.5 Å². The number of oxime groups is 1. The van der Waals surface area contributed by atoms with Crippen molar-refractivity contribution < 1.29 is 14.3 Å². The second-order valence-electron chi connectivity index (χ2n) is 4.72. The summed E-state index contributed by atoms with van der Waals surface area (Å²) < 4.78 is 18.9. The Kier molecular flexibility index (Phi) is 4.07. The van der Waals surface area contributed by atoms with Crippen molar-refractivity contribution in [2.24, 2.45) is 10.9 Å². The van der Waals surface area contributed by atoms with Crippen LogP contribution >= 0.6 is 0 Å². The van der Waals surface area contributed by atoms with Crippen LogP contribution in [0.4, 0.5) is 4.39 Å². The SMILES string of the molecule is Cc1cc(Oc2ccc(F)cc2C)c(/C(N)=N/O)c(C)n1. The lowest BCUT2D eigenvalue weighted by molar-refractivity contribution is 0.318. The number of aromatic nitrogens is 1. The van der Waals surface area contributed by atoms with Gasteiger partial charge in [-0.15, -0.1) is 0 Å². The lowest BCUT2D eigenvalue weighted by atomic mass is 10.1. The maximum atomic E-state index is 13.1. The number of benzene rings is 1. The Morgan fingerprint density at radius 3 is 2.57 bits per heavy atom. The zero-order valence-electron chi connectivity index (χ0n) is 12.0. The Balaban J connectivity index is 2.53. The lowest BCUT2D eigenvalue weighted by Gasteiger charge is -2.14. The summed E-state index contributed by atoms with van der Waals surface area (Å²) in [6.07, 6.45) is 0. The first-order valence-corrected chi connectivity index (χ1v) is 6.32. The minimum absolute atomic E-state index is 0.0882. The molecular weight excluding hydrogens is 273 g/mol. The van der Waals surface area contributed by atoms with E-state index in [2.05, 4.69) is 10.1 Å². The largest absolute Gasteiger partial charge is 0.456 e. The zero-order valence-corrected chi connectivity index (χ0v) is 12.0. The van der Waals surface area contributed by atoms with Crippen LogP contribution in [0.15, 0.2) is 29.4 Å². The van der Waals surface area contributed by atoms with Gasteiger partial charge in [-0.05, 0) is 44.5 Å². The second-order valence-corrected chi connectivity index (χ2v) is 4.72. The summed E-state index contributed by atoms with van der Waals surface area (Å²) in [5.74, 6) is 0.478. The number of amidine groups is 1. The fourth-order valence-corrected chi connectivity index (χ4v) is 2.08. The molecule has 6 heteroatoms. The first kappa shape index (κ1) is 14.8. The molecule has 0 aliphatic carbocycles. The van der Waals surface area contributed by atoms with Crippen LogP contribution in [0.1, 0.15) is 22.5 Å². The second kappa shape index (κ2) is 5.78. The average Bonchev–Trinajstić information content (AvgIpc) is 2.40. The number of pyridine rings is 1. The van der Waals surface area contributed by atoms with Gasteiger partial charge in [-0.2, -0.15) is 0 Å². The molecule has 0 fully saturated rings. The molecule has 1 heterocycles. The first-order valence-electron chi connectivity index (χ1n) is 6.32. The molecular formula is C15H16FN3O2. The smallest absolute Gasteiger partial charge is 0.175 e. The molecule has 0 saturated carbocycles. The lowest BCUT2D eigenvalue weighted by Crippen LogP contribution is -2.17. The van der Waals surface area contributed by atoms with Crippen LogP contribution < -0.4 is 10.5 Å². The number of rotatable bonds is 3. The molecule has 0 aliphatic heterocycles. The Morgan fingerprint density at radius 2 is 1.95 bits per heavy atom. The van der Waals surface area contributed by atoms with E-state index in [9.17, 15) is 4.39 Å². The number of nitrogens with two attached hydrogens (primary N) is 1. The molecule has 0 radical (unpaired) electrons. The summed E-state index contributed by atoms with van der Waals surface area (Å²) in [6.45, 7) is 5.29. The van der Waals surface area contributed by atoms with E-state index in [1.807, 2.05) is 6.92 Å². The van der Waals surface area contributed by atoms with E-state index in [4.69, 9.17) is 15.7 Å². The van der Waals surface area contributed by atoms with E-state index >= 15 is 0 Å². The molecule has 0 amide bonds. The molecule has 3 N–H and O–H groups in total. The van der Waals surface area contributed by atoms with Crippen molar-refractivity contribution in [2.75, 3.05) is 0 Å². The van der Waals surface area contributed by atoms with Crippen molar-refractivity contribution in [3.8, 4) is 11.5 Å². The molecule has 1 aromatic heterocycles. The zero-order chi connectivity index (χ0) is 15.6. The number of nitrogens with zero attached hydrogens (tertiary/aromatic N) is 2. The van der Waals surface area contributed by atoms with Crippen molar-refractivity contribution in [1.29, 1.82) is 0 Å². The van der Waals surface area contributed by atoms with Crippen LogP contribution in [0.2, 0.25) is 0 Å². The van der Waals surface area contributed by atoms with Gasteiger partial charge in [0.2, 0.25) is 0 Å². The summed E-state index contributed by atoms with van der Waals surface area (Å²) in [5, 5.41) is 11.9. The average molecular weight is 289 g/mol. The fourth-order valence-electron chi connectivity index (χ4n) is 2.08. The van der Waals surface area contributed by atoms with Crippen molar-refractivity contribution >= 4 is 5.84 Å². The van der Waals surface area contributed by atoms with E-state index in [-0.39, 0.29) is 11.7 Å². The molecule has 1 aromatic carbocycles. The molecule has 0 spiro atoms. The molecule has 0 saturated heterocycles. The van der Waals surface area contributed by atoms with Gasteiger partial charge in [0, 0.05) is 11.8 Å². The van der Waals surface area contributed by atoms with Gasteiger partial charge in [0.15, 0.2) is 5.84 Å². The highest BCUT2D eigenvalue weighted by atomic mass is 19.1. The molecule has 2 rings (SSSR count). The van der Waals surface area contributed by atoms with E-state index in [0.717, 1.165) is 5.69 Å². The summed E-state index contributed by atoms with van der Waals surface area (Å²) in [6, 6.07) is 5.90. The minimum Gasteiger partial charge on any atom is -0.456 e. The van der Waals surface area contributed by atoms with E-state index in [0.29, 0.717) is 28.3 Å². The molecule has 21 heavy (non-hydrogen) atoms. The van der Waals surface area contributed by atoms with Crippen molar-refractivity contribution in [2.45, 2.75) is 20.8 Å². The molecule has 2 aromatic rings. The maximum Gasteiger partial charge on any atom is 0.175 e. The third kappa shape index (κ3) is 3.10. The van der Waals surface area contributed by atoms with Crippen molar-refractivity contribution in [3.63, 3.8) is 0 Å². The summed E-state index contributed by atoms with van der Waals surface area (Å²) >= 11 is 0. The maximum absolute atomic E-state index is 13.1. The Bertz CT molecular complexity index is 714. The van der Waals surface area contributed by atoms with Crippen molar-refractivity contribution in [1.82, 2.24) is 4.98 Å². The normalized spacial score (nSPS) is 11.5. The number of hydrogen-bond donors (Lipinski definition) is 2. The third-order valence-corrected chi connectivity index (χ3v) is 3.01. The first-order chi connectivity index (χ1) is 9.92. The van der Waals surface area contributed by atoms with Crippen LogP contribution in [0.3, 0.4) is 0 Å². The van der Waals surface area contributed by atoms with Crippen molar-refractivity contribution in [3.05, 3.63) is 52.6 Å². The Morgan fingerprint density at radius 1 is 1.24 bits per heavy atom. The van der Waals surface area contributed by atoms with E-state index in [1.54, 1.807) is 19.9 Å². The van der Waals surface area contributed by atoms with E-state index < -0.39 is 0 Å². The predicted molar refractivity (Wildman–Crippen MR) is 77.4 cm³/mol. The van der Waals surface area contributed by atoms with Gasteiger partial charge in [-0.25, -0.2) is 4.39 Å². The van der Waals surface area contributed by atoms with Crippen LogP contribution in [-0.4, -0.2) is 16.0 Å². The topological polar surface area (TPSA) is 80.7 Å². The fraction of sp³-hybridized carbons (Fsp3) is 0.200. The summed E-state index contributed by atoms with van der Waals surface area (Å²) in [4.78, 5) is 4.27. The highest BCUT2D eigenvalue weighted by Gasteiger charge is 2.15. The monoisotopic (exact) mass is 289 g/mol. The molecule has 5 nitrogen and oxygen atoms in total. The van der Waals surface area contributed by atoms with Gasteiger partial charge in [-0.1, -0.05) is 5.16 Å². The quantitative estimate of drug-likeness (QED) is 0.394. The van der Waals surface area contributed by atoms with Gasteiger partial charge < -0.3 is 15.7 Å². The van der Waals surface area contributed by atoms with E-state index in [1.165, 1.54) is 18.2 Å². The Labute approximate surface area is 121 Å². The molecule has 0 atom stereocenters. The molecule has 0 aliphatic rings. The van der Waals surface area contributed by atoms with Gasteiger partial charge in [-0.3, -0.25) is 4.98 Å². The van der Waals surface area contributed by atoms with Crippen LogP contribution in [0.25, 0.3) is 0 Å². The number of hydrogen-bond acceptors (Lipinski definition) is 4. The van der Waals surface area contributed by atoms with Gasteiger partial charge in [0.1, 0.15) is 17.3 Å². The Hall–Kier alpha value is -2.63. The van der Waals surface area contributed by atoms with Crippen LogP contribution in [-0.2, 0) is 0 Å². The van der Waals surface area contributed by atoms with Gasteiger partial charge in [0.05, 0.1) is 11.3 Å². The highest BCUT2D eigenvalue weighted by Crippen LogP contribution is 2.30. The summed E-state index contributed by atoms with van der Waals surface area (Å²) in [5.41, 5.74) is 8.05. The third-order valence-electron chi connectivity index (χ3n) is 3.01. The molecule has 0 bridgehead atoms. The number of aryl methyl sites for hydroxylation is 3. The predicted octanol–water partition coefficient (Wildman–Crippen LogP) is 3.03. The van der Waals surface area contributed by atoms with Crippen LogP contribution in [0, 0.1) is 26.6 Å². The molecule has 110 valence electrons. The minimum atomic E-state index is -0.335. The highest BCUT2D eigenvalue weighted by molar-refractivity contribution is 6.00. The number of ether oxygens (including phenoxy) is 1. The standard InChI is InChI=1S/C15H16FN3O2/c1-8-6-11(16)4-5-12(8)21-13-7-9(2)18-10(3)14(13)15(17)19-20/h4-7,20H,1-3H3,(H2,17,19). The number of halogens is 1.